The third-order valence-electron chi connectivity index (χ3n) is 1.84. The van der Waals surface area contributed by atoms with E-state index in [4.69, 9.17) is 5.73 Å². The molecule has 0 radical (unpaired) electrons. The lowest BCUT2D eigenvalue weighted by atomic mass is 10.4. The minimum Gasteiger partial charge on any atom is -0.364 e. The van der Waals surface area contributed by atoms with Crippen molar-refractivity contribution in [3.8, 4) is 0 Å². The van der Waals surface area contributed by atoms with E-state index in [0.29, 0.717) is 6.54 Å². The topological polar surface area (TPSA) is 86.7 Å². The van der Waals surface area contributed by atoms with Crippen LogP contribution in [0.4, 0.5) is 0 Å². The van der Waals surface area contributed by atoms with Crippen molar-refractivity contribution in [2.45, 2.75) is 6.54 Å². The minimum atomic E-state index is -0.534. The van der Waals surface area contributed by atoms with Gasteiger partial charge in [-0.05, 0) is 18.2 Å². The molecule has 0 aliphatic heterocycles. The second-order valence-corrected chi connectivity index (χ2v) is 2.98. The van der Waals surface area contributed by atoms with Crippen molar-refractivity contribution in [2.75, 3.05) is 0 Å². The Bertz CT molecular complexity index is 464. The second kappa shape index (κ2) is 3.87. The predicted octanol–water partition coefficient (Wildman–Crippen LogP) is -0.180. The van der Waals surface area contributed by atoms with Crippen LogP contribution < -0.4 is 5.73 Å². The molecule has 2 aromatic rings. The summed E-state index contributed by atoms with van der Waals surface area (Å²) in [5.74, 6) is -0.534. The van der Waals surface area contributed by atoms with Crippen LogP contribution in [0, 0.1) is 0 Å². The number of carbonyl (C=O) groups excluding carboxylic acids is 1. The number of aromatic nitrogens is 4. The quantitative estimate of drug-likeness (QED) is 0.749. The third-order valence-corrected chi connectivity index (χ3v) is 1.84. The highest BCUT2D eigenvalue weighted by molar-refractivity contribution is 5.90. The molecule has 0 atom stereocenters. The van der Waals surface area contributed by atoms with Crippen molar-refractivity contribution in [1.29, 1.82) is 0 Å². The molecule has 0 unspecified atom stereocenters. The van der Waals surface area contributed by atoms with Crippen LogP contribution in [0.15, 0.2) is 30.6 Å². The molecule has 0 aromatic carbocycles. The van der Waals surface area contributed by atoms with Gasteiger partial charge in [0.1, 0.15) is 5.69 Å². The fourth-order valence-corrected chi connectivity index (χ4v) is 1.16. The number of nitrogens with two attached hydrogens (primary N) is 1. The Morgan fingerprint density at radius 1 is 1.47 bits per heavy atom. The summed E-state index contributed by atoms with van der Waals surface area (Å²) in [4.78, 5) is 10.8. The first kappa shape index (κ1) is 9.32. The Hall–Kier alpha value is -2.24. The second-order valence-electron chi connectivity index (χ2n) is 2.98. The summed E-state index contributed by atoms with van der Waals surface area (Å²) in [6.45, 7) is 0.473. The first-order valence-electron chi connectivity index (χ1n) is 4.35. The summed E-state index contributed by atoms with van der Waals surface area (Å²) in [5, 5.41) is 11.6. The van der Waals surface area contributed by atoms with Gasteiger partial charge in [-0.1, -0.05) is 0 Å². The molecule has 2 heterocycles. The van der Waals surface area contributed by atoms with E-state index in [1.165, 1.54) is 0 Å². The maximum Gasteiger partial charge on any atom is 0.269 e. The minimum absolute atomic E-state index is 0.249. The molecular formula is C9H9N5O. The number of nitrogens with zero attached hydrogens (tertiary/aromatic N) is 4. The van der Waals surface area contributed by atoms with Crippen molar-refractivity contribution in [3.63, 3.8) is 0 Å². The van der Waals surface area contributed by atoms with Gasteiger partial charge in [-0.3, -0.25) is 9.48 Å². The molecule has 0 saturated heterocycles. The summed E-state index contributed by atoms with van der Waals surface area (Å²) >= 11 is 0. The molecule has 0 bridgehead atoms. The van der Waals surface area contributed by atoms with Gasteiger partial charge in [-0.25, -0.2) is 0 Å². The van der Waals surface area contributed by atoms with E-state index in [-0.39, 0.29) is 5.69 Å². The van der Waals surface area contributed by atoms with Crippen molar-refractivity contribution in [3.05, 3.63) is 42.0 Å². The van der Waals surface area contributed by atoms with Crippen molar-refractivity contribution >= 4 is 5.91 Å². The largest absolute Gasteiger partial charge is 0.364 e. The molecule has 2 N–H and O–H groups in total. The monoisotopic (exact) mass is 203 g/mol. The Morgan fingerprint density at radius 3 is 2.93 bits per heavy atom. The van der Waals surface area contributed by atoms with Crippen LogP contribution >= 0.6 is 0 Å². The first-order chi connectivity index (χ1) is 7.25. The Balaban J connectivity index is 2.15. The fraction of sp³-hybridized carbons (Fsp3) is 0.111. The van der Waals surface area contributed by atoms with Crippen LogP contribution in [-0.4, -0.2) is 25.9 Å². The average Bonchev–Trinajstić information content (AvgIpc) is 2.68. The maximum absolute atomic E-state index is 10.8. The van der Waals surface area contributed by atoms with Crippen LogP contribution in [0.5, 0.6) is 0 Å². The smallest absolute Gasteiger partial charge is 0.269 e. The zero-order valence-corrected chi connectivity index (χ0v) is 7.87. The number of hydrogen-bond donors (Lipinski definition) is 1. The molecule has 2 rings (SSSR count). The number of primary amides is 1. The lowest BCUT2D eigenvalue weighted by Gasteiger charge is -1.98. The van der Waals surface area contributed by atoms with E-state index in [0.717, 1.165) is 5.69 Å². The summed E-state index contributed by atoms with van der Waals surface area (Å²) < 4.78 is 1.59. The first-order valence-corrected chi connectivity index (χ1v) is 4.35. The molecule has 0 aliphatic rings. The van der Waals surface area contributed by atoms with Crippen molar-refractivity contribution < 1.29 is 4.79 Å². The molecule has 2 aromatic heterocycles. The molecule has 0 fully saturated rings. The Labute approximate surface area is 85.7 Å². The van der Waals surface area contributed by atoms with Crippen LogP contribution in [-0.2, 0) is 6.54 Å². The van der Waals surface area contributed by atoms with Gasteiger partial charge in [0.15, 0.2) is 0 Å². The van der Waals surface area contributed by atoms with Gasteiger partial charge in [0.25, 0.3) is 5.91 Å². The van der Waals surface area contributed by atoms with Crippen LogP contribution in [0.3, 0.4) is 0 Å². The van der Waals surface area contributed by atoms with Gasteiger partial charge in [0, 0.05) is 12.4 Å². The summed E-state index contributed by atoms with van der Waals surface area (Å²) in [5.41, 5.74) is 6.10. The van der Waals surface area contributed by atoms with Gasteiger partial charge in [-0.15, -0.1) is 0 Å². The van der Waals surface area contributed by atoms with Crippen LogP contribution in [0.25, 0.3) is 0 Å². The number of amides is 1. The summed E-state index contributed by atoms with van der Waals surface area (Å²) in [7, 11) is 0. The highest BCUT2D eigenvalue weighted by Gasteiger charge is 2.04. The number of hydrogen-bond acceptors (Lipinski definition) is 4. The van der Waals surface area contributed by atoms with Gasteiger partial charge >= 0.3 is 0 Å². The standard InChI is InChI=1S/C9H9N5O/c10-9(15)8-3-5-14(13-8)6-7-2-1-4-11-12-7/h1-5H,6H2,(H2,10,15). The molecule has 0 saturated carbocycles. The van der Waals surface area contributed by atoms with Crippen molar-refractivity contribution in [2.24, 2.45) is 5.73 Å². The van der Waals surface area contributed by atoms with Gasteiger partial charge in [-0.2, -0.15) is 15.3 Å². The summed E-state index contributed by atoms with van der Waals surface area (Å²) in [6, 6.07) is 5.19. The molecule has 15 heavy (non-hydrogen) atoms. The lowest BCUT2D eigenvalue weighted by molar-refractivity contribution is 0.0995. The molecule has 76 valence electrons. The molecule has 0 aliphatic carbocycles. The van der Waals surface area contributed by atoms with E-state index in [1.54, 1.807) is 29.2 Å². The van der Waals surface area contributed by atoms with Gasteiger partial charge in [0.2, 0.25) is 0 Å². The Morgan fingerprint density at radius 2 is 2.33 bits per heavy atom. The predicted molar refractivity (Wildman–Crippen MR) is 51.9 cm³/mol. The molecule has 6 nitrogen and oxygen atoms in total. The zero-order valence-electron chi connectivity index (χ0n) is 7.87. The van der Waals surface area contributed by atoms with Crippen LogP contribution in [0.2, 0.25) is 0 Å². The van der Waals surface area contributed by atoms with E-state index in [2.05, 4.69) is 15.3 Å². The summed E-state index contributed by atoms with van der Waals surface area (Å²) in [6.07, 6.45) is 3.27. The average molecular weight is 203 g/mol. The molecule has 0 spiro atoms. The third kappa shape index (κ3) is 2.16. The molecular weight excluding hydrogens is 194 g/mol. The Kier molecular flexibility index (Phi) is 2.40. The highest BCUT2D eigenvalue weighted by Crippen LogP contribution is 1.98. The van der Waals surface area contributed by atoms with Gasteiger partial charge < -0.3 is 5.73 Å². The normalized spacial score (nSPS) is 10.1. The van der Waals surface area contributed by atoms with E-state index >= 15 is 0 Å². The molecule has 1 amide bonds. The van der Waals surface area contributed by atoms with Crippen molar-refractivity contribution in [1.82, 2.24) is 20.0 Å². The van der Waals surface area contributed by atoms with Crippen LogP contribution in [0.1, 0.15) is 16.2 Å². The van der Waals surface area contributed by atoms with E-state index < -0.39 is 5.91 Å². The molecule has 6 heteroatoms. The maximum atomic E-state index is 10.8. The zero-order chi connectivity index (χ0) is 10.7. The number of carbonyl (C=O) groups is 1. The van der Waals surface area contributed by atoms with E-state index in [9.17, 15) is 4.79 Å². The lowest BCUT2D eigenvalue weighted by Crippen LogP contribution is -2.13. The van der Waals surface area contributed by atoms with Gasteiger partial charge in [0.05, 0.1) is 12.2 Å². The number of rotatable bonds is 3. The fourth-order valence-electron chi connectivity index (χ4n) is 1.16. The SMILES string of the molecule is NC(=O)c1ccn(Cc2cccnn2)n1. The highest BCUT2D eigenvalue weighted by atomic mass is 16.1. The van der Waals surface area contributed by atoms with E-state index in [1.807, 2.05) is 6.07 Å².